The fourth-order valence-corrected chi connectivity index (χ4v) is 5.51. The molecule has 2 aromatic carbocycles. The number of carbonyl (C=O) groups is 2. The molecule has 0 bridgehead atoms. The smallest absolute Gasteiger partial charge is 0.247 e. The molecular formula is C26H31N3O2. The fourth-order valence-electron chi connectivity index (χ4n) is 5.51. The van der Waals surface area contributed by atoms with Gasteiger partial charge in [-0.05, 0) is 42.9 Å². The van der Waals surface area contributed by atoms with Crippen LogP contribution in [0.15, 0.2) is 54.6 Å². The van der Waals surface area contributed by atoms with Gasteiger partial charge in [0, 0.05) is 25.7 Å². The summed E-state index contributed by atoms with van der Waals surface area (Å²) in [5, 5.41) is 3.28. The van der Waals surface area contributed by atoms with Crippen LogP contribution in [0.1, 0.15) is 49.3 Å². The summed E-state index contributed by atoms with van der Waals surface area (Å²) < 4.78 is 0. The van der Waals surface area contributed by atoms with E-state index >= 15 is 0 Å². The number of piperazine rings is 1. The largest absolute Gasteiger partial charge is 0.351 e. The van der Waals surface area contributed by atoms with E-state index in [1.54, 1.807) is 0 Å². The summed E-state index contributed by atoms with van der Waals surface area (Å²) >= 11 is 0. The number of hydrogen-bond acceptors (Lipinski definition) is 3. The summed E-state index contributed by atoms with van der Waals surface area (Å²) in [6.45, 7) is 3.69. The van der Waals surface area contributed by atoms with E-state index in [2.05, 4.69) is 28.4 Å². The number of nitrogens with zero attached hydrogens (tertiary/aromatic N) is 2. The van der Waals surface area contributed by atoms with E-state index in [0.29, 0.717) is 19.5 Å². The highest BCUT2D eigenvalue weighted by molar-refractivity contribution is 5.95. The molecule has 2 unspecified atom stereocenters. The van der Waals surface area contributed by atoms with E-state index in [1.165, 1.54) is 24.0 Å². The Morgan fingerprint density at radius 3 is 2.45 bits per heavy atom. The second-order valence-corrected chi connectivity index (χ2v) is 9.53. The molecule has 1 aliphatic carbocycles. The van der Waals surface area contributed by atoms with Gasteiger partial charge in [-0.15, -0.1) is 0 Å². The third-order valence-corrected chi connectivity index (χ3v) is 7.37. The van der Waals surface area contributed by atoms with E-state index in [9.17, 15) is 9.59 Å². The Morgan fingerprint density at radius 2 is 1.71 bits per heavy atom. The normalized spacial score (nSPS) is 26.4. The van der Waals surface area contributed by atoms with Crippen molar-refractivity contribution in [3.05, 3.63) is 71.3 Å². The molecule has 1 saturated carbocycles. The first kappa shape index (κ1) is 20.3. The summed E-state index contributed by atoms with van der Waals surface area (Å²) in [6.07, 6.45) is 5.11. The monoisotopic (exact) mass is 417 g/mol. The molecular weight excluding hydrogens is 386 g/mol. The predicted molar refractivity (Wildman–Crippen MR) is 120 cm³/mol. The summed E-state index contributed by atoms with van der Waals surface area (Å²) in [4.78, 5) is 31.5. The number of amides is 2. The zero-order chi connectivity index (χ0) is 21.4. The molecule has 5 rings (SSSR count). The average molecular weight is 418 g/mol. The van der Waals surface area contributed by atoms with E-state index in [-0.39, 0.29) is 23.9 Å². The van der Waals surface area contributed by atoms with E-state index in [1.807, 2.05) is 48.2 Å². The van der Waals surface area contributed by atoms with Gasteiger partial charge in [-0.1, -0.05) is 67.4 Å². The first-order valence-corrected chi connectivity index (χ1v) is 11.5. The Labute approximate surface area is 184 Å². The maximum atomic E-state index is 13.8. The van der Waals surface area contributed by atoms with Gasteiger partial charge in [0.05, 0.1) is 6.04 Å². The van der Waals surface area contributed by atoms with Crippen molar-refractivity contribution < 1.29 is 9.59 Å². The maximum Gasteiger partial charge on any atom is 0.247 e. The second kappa shape index (κ2) is 8.12. The Balaban J connectivity index is 1.47. The van der Waals surface area contributed by atoms with Gasteiger partial charge in [-0.3, -0.25) is 14.5 Å². The van der Waals surface area contributed by atoms with Gasteiger partial charge < -0.3 is 10.2 Å². The van der Waals surface area contributed by atoms with Crippen molar-refractivity contribution in [3.63, 3.8) is 0 Å². The van der Waals surface area contributed by atoms with Gasteiger partial charge in [-0.2, -0.15) is 0 Å². The van der Waals surface area contributed by atoms with Crippen molar-refractivity contribution >= 4 is 11.8 Å². The summed E-state index contributed by atoms with van der Waals surface area (Å²) in [5.41, 5.74) is 2.68. The van der Waals surface area contributed by atoms with Gasteiger partial charge in [0.25, 0.3) is 0 Å². The Morgan fingerprint density at radius 1 is 1.03 bits per heavy atom. The van der Waals surface area contributed by atoms with Crippen molar-refractivity contribution in [3.8, 4) is 0 Å². The summed E-state index contributed by atoms with van der Waals surface area (Å²) in [7, 11) is 0. The SMILES string of the molecule is CC1(C(=O)NC2CCCC2)CN2Cc3ccccc3CC2C(=O)N1Cc1ccccc1. The quantitative estimate of drug-likeness (QED) is 0.831. The van der Waals surface area contributed by atoms with Crippen molar-refractivity contribution in [1.82, 2.24) is 15.1 Å². The standard InChI is InChI=1S/C26H31N3O2/c1-26(25(31)27-22-13-7-8-14-22)18-28-17-21-12-6-5-11-20(21)15-23(28)24(30)29(26)16-19-9-3-2-4-10-19/h2-6,9-12,22-23H,7-8,13-18H2,1H3,(H,27,31). The molecule has 2 heterocycles. The number of rotatable bonds is 4. The number of benzene rings is 2. The second-order valence-electron chi connectivity index (χ2n) is 9.53. The molecule has 2 amide bonds. The molecule has 162 valence electrons. The lowest BCUT2D eigenvalue weighted by atomic mass is 9.85. The van der Waals surface area contributed by atoms with Crippen LogP contribution in [-0.2, 0) is 29.1 Å². The minimum atomic E-state index is -0.891. The highest BCUT2D eigenvalue weighted by Gasteiger charge is 2.52. The van der Waals surface area contributed by atoms with Crippen LogP contribution in [0.4, 0.5) is 0 Å². The molecule has 0 radical (unpaired) electrons. The Bertz CT molecular complexity index is 970. The van der Waals surface area contributed by atoms with Crippen LogP contribution in [0, 0.1) is 0 Å². The average Bonchev–Trinajstić information content (AvgIpc) is 3.29. The first-order chi connectivity index (χ1) is 15.0. The molecule has 2 fully saturated rings. The Hall–Kier alpha value is -2.66. The van der Waals surface area contributed by atoms with Crippen LogP contribution in [0.2, 0.25) is 0 Å². The summed E-state index contributed by atoms with van der Waals surface area (Å²) in [6, 6.07) is 18.4. The van der Waals surface area contributed by atoms with E-state index in [0.717, 1.165) is 24.9 Å². The topological polar surface area (TPSA) is 52.7 Å². The zero-order valence-electron chi connectivity index (χ0n) is 18.2. The predicted octanol–water partition coefficient (Wildman–Crippen LogP) is 3.27. The number of carbonyl (C=O) groups excluding carboxylic acids is 2. The first-order valence-electron chi connectivity index (χ1n) is 11.5. The van der Waals surface area contributed by atoms with Crippen LogP contribution in [-0.4, -0.2) is 45.8 Å². The lowest BCUT2D eigenvalue weighted by Crippen LogP contribution is -2.72. The molecule has 5 heteroatoms. The molecule has 2 aliphatic heterocycles. The van der Waals surface area contributed by atoms with Gasteiger partial charge in [0.15, 0.2) is 0 Å². The van der Waals surface area contributed by atoms with Gasteiger partial charge >= 0.3 is 0 Å². The highest BCUT2D eigenvalue weighted by Crippen LogP contribution is 2.34. The zero-order valence-corrected chi connectivity index (χ0v) is 18.2. The maximum absolute atomic E-state index is 13.8. The van der Waals surface area contributed by atoms with Gasteiger partial charge in [0.2, 0.25) is 11.8 Å². The molecule has 1 saturated heterocycles. The Kier molecular flexibility index (Phi) is 5.30. The van der Waals surface area contributed by atoms with Gasteiger partial charge in [0.1, 0.15) is 5.54 Å². The van der Waals surface area contributed by atoms with E-state index < -0.39 is 5.54 Å². The minimum Gasteiger partial charge on any atom is -0.351 e. The van der Waals surface area contributed by atoms with Gasteiger partial charge in [-0.25, -0.2) is 0 Å². The molecule has 0 spiro atoms. The van der Waals surface area contributed by atoms with E-state index in [4.69, 9.17) is 0 Å². The lowest BCUT2D eigenvalue weighted by Gasteiger charge is -2.52. The molecule has 1 N–H and O–H groups in total. The molecule has 2 atom stereocenters. The van der Waals surface area contributed by atoms with Crippen molar-refractivity contribution in [2.45, 2.75) is 69.7 Å². The molecule has 3 aliphatic rings. The van der Waals surface area contributed by atoms with Crippen LogP contribution in [0.25, 0.3) is 0 Å². The molecule has 31 heavy (non-hydrogen) atoms. The van der Waals surface area contributed by atoms with Crippen LogP contribution in [0.3, 0.4) is 0 Å². The number of hydrogen-bond donors (Lipinski definition) is 1. The van der Waals surface area contributed by atoms with Crippen LogP contribution >= 0.6 is 0 Å². The number of nitrogens with one attached hydrogen (secondary N) is 1. The highest BCUT2D eigenvalue weighted by atomic mass is 16.2. The third kappa shape index (κ3) is 3.76. The fraction of sp³-hybridized carbons (Fsp3) is 0.462. The number of fused-ring (bicyclic) bond motifs is 2. The molecule has 2 aromatic rings. The minimum absolute atomic E-state index is 0.0130. The van der Waals surface area contributed by atoms with Crippen molar-refractivity contribution in [1.29, 1.82) is 0 Å². The van der Waals surface area contributed by atoms with Crippen LogP contribution in [0.5, 0.6) is 0 Å². The van der Waals surface area contributed by atoms with Crippen LogP contribution < -0.4 is 5.32 Å². The summed E-state index contributed by atoms with van der Waals surface area (Å²) in [5.74, 6) is 0.0506. The molecule has 5 nitrogen and oxygen atoms in total. The van der Waals surface area contributed by atoms with Crippen molar-refractivity contribution in [2.24, 2.45) is 0 Å². The lowest BCUT2D eigenvalue weighted by molar-refractivity contribution is -0.163. The third-order valence-electron chi connectivity index (χ3n) is 7.37. The molecule has 0 aromatic heterocycles. The van der Waals surface area contributed by atoms with Crippen molar-refractivity contribution in [2.75, 3.05) is 6.54 Å².